The van der Waals surface area contributed by atoms with Crippen molar-refractivity contribution in [2.24, 2.45) is 0 Å². The first kappa shape index (κ1) is 19.2. The maximum Gasteiger partial charge on any atom is 0.243 e. The molecule has 0 aromatic heterocycles. The van der Waals surface area contributed by atoms with Crippen molar-refractivity contribution in [1.82, 2.24) is 0 Å². The molecule has 1 amide bonds. The summed E-state index contributed by atoms with van der Waals surface area (Å²) in [7, 11) is 8.57. The van der Waals surface area contributed by atoms with Crippen molar-refractivity contribution in [3.05, 3.63) is 36.4 Å². The van der Waals surface area contributed by atoms with Crippen molar-refractivity contribution in [3.8, 4) is 17.2 Å². The number of nitrogens with zero attached hydrogens (tertiary/aromatic N) is 1. The zero-order chi connectivity index (χ0) is 19.1. The lowest BCUT2D eigenvalue weighted by molar-refractivity contribution is -0.114. The van der Waals surface area contributed by atoms with E-state index in [-0.39, 0.29) is 12.5 Å². The lowest BCUT2D eigenvalue weighted by Gasteiger charge is -2.15. The molecule has 0 atom stereocenters. The number of amides is 1. The summed E-state index contributed by atoms with van der Waals surface area (Å²) in [4.78, 5) is 14.2. The van der Waals surface area contributed by atoms with Gasteiger partial charge in [0, 0.05) is 43.3 Å². The number of anilines is 3. The highest BCUT2D eigenvalue weighted by Gasteiger charge is 2.13. The fourth-order valence-electron chi connectivity index (χ4n) is 2.41. The van der Waals surface area contributed by atoms with E-state index in [2.05, 4.69) is 10.6 Å². The number of ether oxygens (including phenoxy) is 3. The second kappa shape index (κ2) is 8.84. The van der Waals surface area contributed by atoms with Crippen molar-refractivity contribution in [1.29, 1.82) is 0 Å². The lowest BCUT2D eigenvalue weighted by Crippen LogP contribution is -2.21. The Morgan fingerprint density at radius 2 is 1.50 bits per heavy atom. The van der Waals surface area contributed by atoms with Crippen molar-refractivity contribution in [2.45, 2.75) is 0 Å². The summed E-state index contributed by atoms with van der Waals surface area (Å²) in [5.41, 5.74) is 2.50. The van der Waals surface area contributed by atoms with Crippen LogP contribution < -0.4 is 29.7 Å². The molecule has 0 saturated heterocycles. The summed E-state index contributed by atoms with van der Waals surface area (Å²) >= 11 is 0. The Morgan fingerprint density at radius 3 is 1.96 bits per heavy atom. The summed E-state index contributed by atoms with van der Waals surface area (Å²) in [6.07, 6.45) is 0. The van der Waals surface area contributed by atoms with Crippen LogP contribution in [0.4, 0.5) is 17.1 Å². The summed E-state index contributed by atoms with van der Waals surface area (Å²) in [5.74, 6) is 1.39. The van der Waals surface area contributed by atoms with E-state index in [1.165, 1.54) is 0 Å². The number of carbonyl (C=O) groups is 1. The quantitative estimate of drug-likeness (QED) is 0.755. The maximum absolute atomic E-state index is 12.2. The van der Waals surface area contributed by atoms with E-state index in [0.717, 1.165) is 11.4 Å². The molecule has 0 aliphatic carbocycles. The molecule has 2 aromatic rings. The van der Waals surface area contributed by atoms with Gasteiger partial charge in [0.15, 0.2) is 11.5 Å². The van der Waals surface area contributed by atoms with Gasteiger partial charge in [-0.3, -0.25) is 4.79 Å². The van der Waals surface area contributed by atoms with Crippen LogP contribution in [0.5, 0.6) is 17.2 Å². The van der Waals surface area contributed by atoms with E-state index in [1.807, 2.05) is 43.3 Å². The average Bonchev–Trinajstić information content (AvgIpc) is 2.65. The highest BCUT2D eigenvalue weighted by atomic mass is 16.5. The van der Waals surface area contributed by atoms with E-state index < -0.39 is 0 Å². The van der Waals surface area contributed by atoms with Gasteiger partial charge in [0.25, 0.3) is 0 Å². The van der Waals surface area contributed by atoms with Crippen LogP contribution in [0.25, 0.3) is 0 Å². The minimum absolute atomic E-state index is 0.105. The van der Waals surface area contributed by atoms with E-state index in [4.69, 9.17) is 14.2 Å². The highest BCUT2D eigenvalue weighted by molar-refractivity contribution is 5.94. The van der Waals surface area contributed by atoms with Crippen LogP contribution in [0.1, 0.15) is 0 Å². The first-order valence-corrected chi connectivity index (χ1v) is 8.09. The van der Waals surface area contributed by atoms with Crippen LogP contribution >= 0.6 is 0 Å². The largest absolute Gasteiger partial charge is 0.493 e. The van der Waals surface area contributed by atoms with Crippen LogP contribution in [0.2, 0.25) is 0 Å². The monoisotopic (exact) mass is 359 g/mol. The molecule has 2 N–H and O–H groups in total. The van der Waals surface area contributed by atoms with Gasteiger partial charge in [-0.2, -0.15) is 0 Å². The van der Waals surface area contributed by atoms with Gasteiger partial charge >= 0.3 is 0 Å². The molecular formula is C19H25N3O4. The molecule has 0 heterocycles. The Bertz CT molecular complexity index is 720. The van der Waals surface area contributed by atoms with Crippen LogP contribution in [0.15, 0.2) is 36.4 Å². The van der Waals surface area contributed by atoms with Gasteiger partial charge in [-0.15, -0.1) is 0 Å². The zero-order valence-corrected chi connectivity index (χ0v) is 15.8. The van der Waals surface area contributed by atoms with E-state index in [1.54, 1.807) is 33.5 Å². The second-order valence-corrected chi connectivity index (χ2v) is 5.76. The van der Waals surface area contributed by atoms with Gasteiger partial charge in [0.2, 0.25) is 11.7 Å². The highest BCUT2D eigenvalue weighted by Crippen LogP contribution is 2.39. The van der Waals surface area contributed by atoms with Gasteiger partial charge < -0.3 is 29.7 Å². The number of rotatable bonds is 8. The summed E-state index contributed by atoms with van der Waals surface area (Å²) in [6, 6.07) is 11.1. The Hall–Kier alpha value is -3.09. The second-order valence-electron chi connectivity index (χ2n) is 5.76. The van der Waals surface area contributed by atoms with Crippen LogP contribution in [0, 0.1) is 0 Å². The van der Waals surface area contributed by atoms with Crippen molar-refractivity contribution in [3.63, 3.8) is 0 Å². The molecule has 0 fully saturated rings. The number of benzene rings is 2. The van der Waals surface area contributed by atoms with E-state index in [0.29, 0.717) is 22.9 Å². The number of nitrogens with one attached hydrogen (secondary N) is 2. The molecular weight excluding hydrogens is 334 g/mol. The van der Waals surface area contributed by atoms with Crippen molar-refractivity contribution < 1.29 is 19.0 Å². The third kappa shape index (κ3) is 4.72. The molecule has 0 bridgehead atoms. The standard InChI is InChI=1S/C19H25N3O4/c1-22(2)15-8-6-13(7-9-15)21-18(23)12-20-14-10-16(24-3)19(26-5)17(11-14)25-4/h6-11,20H,12H2,1-5H3,(H,21,23). The summed E-state index contributed by atoms with van der Waals surface area (Å²) in [6.45, 7) is 0.105. The molecule has 0 unspecified atom stereocenters. The van der Waals surface area contributed by atoms with Gasteiger partial charge in [-0.25, -0.2) is 0 Å². The Kier molecular flexibility index (Phi) is 6.54. The van der Waals surface area contributed by atoms with E-state index >= 15 is 0 Å². The average molecular weight is 359 g/mol. The van der Waals surface area contributed by atoms with E-state index in [9.17, 15) is 4.79 Å². The minimum atomic E-state index is -0.156. The lowest BCUT2D eigenvalue weighted by atomic mass is 10.2. The first-order valence-electron chi connectivity index (χ1n) is 8.09. The molecule has 26 heavy (non-hydrogen) atoms. The predicted molar refractivity (Wildman–Crippen MR) is 104 cm³/mol. The SMILES string of the molecule is COc1cc(NCC(=O)Nc2ccc(N(C)C)cc2)cc(OC)c1OC. The Labute approximate surface area is 153 Å². The third-order valence-electron chi connectivity index (χ3n) is 3.79. The molecule has 0 aliphatic heterocycles. The smallest absolute Gasteiger partial charge is 0.243 e. The van der Waals surface area contributed by atoms with Crippen LogP contribution in [-0.2, 0) is 4.79 Å². The predicted octanol–water partition coefficient (Wildman–Crippen LogP) is 2.83. The third-order valence-corrected chi connectivity index (χ3v) is 3.79. The maximum atomic E-state index is 12.2. The number of hydrogen-bond donors (Lipinski definition) is 2. The fourth-order valence-corrected chi connectivity index (χ4v) is 2.41. The van der Waals surface area contributed by atoms with Crippen molar-refractivity contribution in [2.75, 3.05) is 57.5 Å². The Balaban J connectivity index is 2.00. The molecule has 7 nitrogen and oxygen atoms in total. The van der Waals surface area contributed by atoms with Gasteiger partial charge in [0.1, 0.15) is 0 Å². The molecule has 0 aliphatic rings. The first-order chi connectivity index (χ1) is 12.5. The molecule has 0 radical (unpaired) electrons. The summed E-state index contributed by atoms with van der Waals surface area (Å²) in [5, 5.41) is 5.91. The fraction of sp³-hybridized carbons (Fsp3) is 0.316. The summed E-state index contributed by atoms with van der Waals surface area (Å²) < 4.78 is 15.9. The topological polar surface area (TPSA) is 72.1 Å². The van der Waals surface area contributed by atoms with Gasteiger partial charge in [-0.1, -0.05) is 0 Å². The molecule has 0 spiro atoms. The van der Waals surface area contributed by atoms with Gasteiger partial charge in [-0.05, 0) is 24.3 Å². The number of carbonyl (C=O) groups excluding carboxylic acids is 1. The minimum Gasteiger partial charge on any atom is -0.493 e. The zero-order valence-electron chi connectivity index (χ0n) is 15.8. The normalized spacial score (nSPS) is 10.0. The van der Waals surface area contributed by atoms with Crippen LogP contribution in [-0.4, -0.2) is 47.9 Å². The molecule has 0 saturated carbocycles. The van der Waals surface area contributed by atoms with Crippen LogP contribution in [0.3, 0.4) is 0 Å². The van der Waals surface area contributed by atoms with Gasteiger partial charge in [0.05, 0.1) is 27.9 Å². The number of hydrogen-bond acceptors (Lipinski definition) is 6. The molecule has 140 valence electrons. The van der Waals surface area contributed by atoms with Crippen molar-refractivity contribution >= 4 is 23.0 Å². The number of methoxy groups -OCH3 is 3. The molecule has 2 aromatic carbocycles. The molecule has 2 rings (SSSR count). The Morgan fingerprint density at radius 1 is 0.923 bits per heavy atom. The molecule has 7 heteroatoms.